The summed E-state index contributed by atoms with van der Waals surface area (Å²) in [5.41, 5.74) is 5.81. The van der Waals surface area contributed by atoms with Gasteiger partial charge in [-0.3, -0.25) is 9.59 Å². The molecule has 1 aliphatic rings. The van der Waals surface area contributed by atoms with E-state index in [1.54, 1.807) is 22.4 Å². The molecule has 34 heavy (non-hydrogen) atoms. The van der Waals surface area contributed by atoms with Crippen molar-refractivity contribution in [1.29, 1.82) is 0 Å². The fourth-order valence-corrected chi connectivity index (χ4v) is 5.56. The summed E-state index contributed by atoms with van der Waals surface area (Å²) in [6.07, 6.45) is 2.23. The van der Waals surface area contributed by atoms with Crippen LogP contribution in [0.2, 0.25) is 0 Å². The summed E-state index contributed by atoms with van der Waals surface area (Å²) in [5.74, 6) is 0.221. The predicted octanol–water partition coefficient (Wildman–Crippen LogP) is 4.05. The van der Waals surface area contributed by atoms with Crippen LogP contribution in [0.5, 0.6) is 0 Å². The van der Waals surface area contributed by atoms with E-state index in [0.717, 1.165) is 33.2 Å². The van der Waals surface area contributed by atoms with Gasteiger partial charge < -0.3 is 15.0 Å². The van der Waals surface area contributed by atoms with Gasteiger partial charge in [0, 0.05) is 31.3 Å². The minimum atomic E-state index is -0.684. The molecule has 7 nitrogen and oxygen atoms in total. The molecule has 1 fully saturated rings. The lowest BCUT2D eigenvalue weighted by Gasteiger charge is -2.29. The second kappa shape index (κ2) is 10.2. The van der Waals surface area contributed by atoms with Gasteiger partial charge in [0.1, 0.15) is 5.82 Å². The van der Waals surface area contributed by atoms with Crippen LogP contribution >= 0.6 is 11.3 Å². The van der Waals surface area contributed by atoms with Crippen molar-refractivity contribution >= 4 is 23.0 Å². The number of carbonyl (C=O) groups is 2. The molecule has 1 aromatic carbocycles. The average Bonchev–Trinajstić information content (AvgIpc) is 3.52. The molecule has 2 aromatic heterocycles. The number of β-amino-alcohol motifs (C(OH)–C–C–N with tert-alkyl or cyclic N) is 1. The molecule has 180 valence electrons. The van der Waals surface area contributed by atoms with Gasteiger partial charge in [-0.05, 0) is 37.3 Å². The van der Waals surface area contributed by atoms with Crippen molar-refractivity contribution in [2.75, 3.05) is 6.54 Å². The number of thiazole rings is 1. The van der Waals surface area contributed by atoms with Crippen LogP contribution in [0.4, 0.5) is 0 Å². The summed E-state index contributed by atoms with van der Waals surface area (Å²) in [6, 6.07) is 7.63. The Labute approximate surface area is 204 Å². The number of nitrogens with zero attached hydrogens (tertiary/aromatic N) is 3. The number of Topliss-reactive ketones (excluding diaryl/α,β-unsaturated/α-hetero) is 1. The topological polar surface area (TPSA) is 99.2 Å². The number of aryl methyl sites for hydroxylation is 3. The zero-order valence-electron chi connectivity index (χ0n) is 20.1. The Morgan fingerprint density at radius 3 is 2.53 bits per heavy atom. The average molecular weight is 481 g/mol. The Balaban J connectivity index is 1.43. The highest BCUT2D eigenvalue weighted by Gasteiger charge is 2.42. The first-order chi connectivity index (χ1) is 16.2. The molecule has 0 bridgehead atoms. The third-order valence-electron chi connectivity index (χ3n) is 6.55. The Hall–Kier alpha value is -2.84. The summed E-state index contributed by atoms with van der Waals surface area (Å²) in [4.78, 5) is 41.2. The number of aromatic nitrogens is 3. The summed E-state index contributed by atoms with van der Waals surface area (Å²) in [6.45, 7) is 8.01. The molecule has 2 N–H and O–H groups in total. The summed E-state index contributed by atoms with van der Waals surface area (Å²) >= 11 is 1.62. The predicted molar refractivity (Wildman–Crippen MR) is 133 cm³/mol. The Bertz CT molecular complexity index is 1150. The van der Waals surface area contributed by atoms with Gasteiger partial charge in [-0.2, -0.15) is 0 Å². The third-order valence-corrected chi connectivity index (χ3v) is 7.52. The third kappa shape index (κ3) is 5.13. The van der Waals surface area contributed by atoms with E-state index in [2.05, 4.69) is 27.1 Å². The maximum Gasteiger partial charge on any atom is 0.232 e. The van der Waals surface area contributed by atoms with Crippen molar-refractivity contribution in [3.8, 4) is 10.4 Å². The number of amides is 1. The molecular formula is C26H32N4O3S. The van der Waals surface area contributed by atoms with Crippen molar-refractivity contribution in [3.05, 3.63) is 58.7 Å². The van der Waals surface area contributed by atoms with Gasteiger partial charge in [0.05, 0.1) is 34.1 Å². The molecular weight excluding hydrogens is 448 g/mol. The lowest BCUT2D eigenvalue weighted by atomic mass is 9.90. The fourth-order valence-electron chi connectivity index (χ4n) is 4.75. The van der Waals surface area contributed by atoms with Crippen molar-refractivity contribution in [3.63, 3.8) is 0 Å². The first-order valence-corrected chi connectivity index (χ1v) is 12.6. The highest BCUT2D eigenvalue weighted by Crippen LogP contribution is 2.31. The van der Waals surface area contributed by atoms with E-state index in [0.29, 0.717) is 19.3 Å². The van der Waals surface area contributed by atoms with Gasteiger partial charge in [0.15, 0.2) is 5.78 Å². The number of rotatable bonds is 8. The molecule has 3 heterocycles. The quantitative estimate of drug-likeness (QED) is 0.507. The van der Waals surface area contributed by atoms with E-state index in [-0.39, 0.29) is 24.2 Å². The molecule has 1 saturated heterocycles. The van der Waals surface area contributed by atoms with Crippen LogP contribution in [0.15, 0.2) is 36.0 Å². The van der Waals surface area contributed by atoms with E-state index < -0.39 is 18.1 Å². The van der Waals surface area contributed by atoms with Crippen LogP contribution in [0.1, 0.15) is 55.4 Å². The van der Waals surface area contributed by atoms with Gasteiger partial charge in [0.25, 0.3) is 0 Å². The number of imidazole rings is 1. The zero-order chi connectivity index (χ0) is 24.4. The number of hydrogen-bond acceptors (Lipinski definition) is 6. The molecule has 0 saturated carbocycles. The SMILES string of the molecule is Cc1ncc([C@H](C(=O)N2C[C@H](O)C[C@H]2C(=O)CCc2ccc(-c3scnc3C)cc2)C(C)C)[nH]1. The van der Waals surface area contributed by atoms with Gasteiger partial charge in [-0.1, -0.05) is 38.1 Å². The van der Waals surface area contributed by atoms with Crippen LogP contribution in [0.3, 0.4) is 0 Å². The van der Waals surface area contributed by atoms with Crippen molar-refractivity contribution < 1.29 is 14.7 Å². The molecule has 4 rings (SSSR count). The number of aliphatic hydroxyl groups is 1. The summed E-state index contributed by atoms with van der Waals surface area (Å²) in [7, 11) is 0. The standard InChI is InChI=1S/C26H32N4O3S/c1-15(2)24(21-12-27-17(4)29-21)26(33)30-13-20(31)11-22(30)23(32)10-7-18-5-8-19(9-6-18)25-16(3)28-14-34-25/h5-6,8-9,12,14-15,20,22,24,31H,7,10-11,13H2,1-4H3,(H,27,29)/t20-,22+,24-/m1/s1. The van der Waals surface area contributed by atoms with Crippen LogP contribution in [-0.2, 0) is 16.0 Å². The van der Waals surface area contributed by atoms with Crippen LogP contribution in [0.25, 0.3) is 10.4 Å². The second-order valence-corrected chi connectivity index (χ2v) is 10.3. The normalized spacial score (nSPS) is 19.1. The molecule has 3 atom stereocenters. The molecule has 8 heteroatoms. The monoisotopic (exact) mass is 480 g/mol. The van der Waals surface area contributed by atoms with Gasteiger partial charge >= 0.3 is 0 Å². The number of H-pyrrole nitrogens is 1. The van der Waals surface area contributed by atoms with E-state index in [1.165, 1.54) is 0 Å². The van der Waals surface area contributed by atoms with Crippen LogP contribution in [-0.4, -0.2) is 55.3 Å². The second-order valence-electron chi connectivity index (χ2n) is 9.47. The molecule has 0 spiro atoms. The molecule has 1 amide bonds. The highest BCUT2D eigenvalue weighted by atomic mass is 32.1. The molecule has 0 aliphatic carbocycles. The van der Waals surface area contributed by atoms with E-state index >= 15 is 0 Å². The summed E-state index contributed by atoms with van der Waals surface area (Å²) < 4.78 is 0. The van der Waals surface area contributed by atoms with Gasteiger partial charge in [-0.25, -0.2) is 9.97 Å². The fraction of sp³-hybridized carbons (Fsp3) is 0.462. The largest absolute Gasteiger partial charge is 0.391 e. The number of carbonyl (C=O) groups excluding carboxylic acids is 2. The lowest BCUT2D eigenvalue weighted by molar-refractivity contribution is -0.139. The maximum atomic E-state index is 13.5. The van der Waals surface area contributed by atoms with Crippen LogP contribution in [0, 0.1) is 19.8 Å². The van der Waals surface area contributed by atoms with Gasteiger partial charge in [0.2, 0.25) is 5.91 Å². The van der Waals surface area contributed by atoms with Crippen molar-refractivity contribution in [2.24, 2.45) is 5.92 Å². The number of benzene rings is 1. The first-order valence-electron chi connectivity index (χ1n) is 11.8. The number of hydrogen-bond donors (Lipinski definition) is 2. The number of nitrogens with one attached hydrogen (secondary N) is 1. The minimum absolute atomic E-state index is 0.00410. The molecule has 0 radical (unpaired) electrons. The van der Waals surface area contributed by atoms with E-state index in [4.69, 9.17) is 0 Å². The molecule has 0 unspecified atom stereocenters. The maximum absolute atomic E-state index is 13.5. The number of likely N-dealkylation sites (tertiary alicyclic amines) is 1. The molecule has 1 aliphatic heterocycles. The summed E-state index contributed by atoms with van der Waals surface area (Å²) in [5, 5.41) is 10.3. The number of aromatic amines is 1. The minimum Gasteiger partial charge on any atom is -0.391 e. The first kappa shape index (κ1) is 24.3. The Kier molecular flexibility index (Phi) is 7.28. The highest BCUT2D eigenvalue weighted by molar-refractivity contribution is 7.13. The van der Waals surface area contributed by atoms with E-state index in [1.807, 2.05) is 45.3 Å². The zero-order valence-corrected chi connectivity index (χ0v) is 20.9. The lowest BCUT2D eigenvalue weighted by Crippen LogP contribution is -2.44. The van der Waals surface area contributed by atoms with Crippen molar-refractivity contribution in [1.82, 2.24) is 19.9 Å². The number of aliphatic hydroxyl groups excluding tert-OH is 1. The van der Waals surface area contributed by atoms with Crippen molar-refractivity contribution in [2.45, 2.75) is 65.0 Å². The Morgan fingerprint density at radius 2 is 1.94 bits per heavy atom. The number of ketones is 1. The smallest absolute Gasteiger partial charge is 0.232 e. The van der Waals surface area contributed by atoms with Gasteiger partial charge in [-0.15, -0.1) is 11.3 Å². The van der Waals surface area contributed by atoms with Crippen LogP contribution < -0.4 is 0 Å². The molecule has 3 aromatic rings. The Morgan fingerprint density at radius 1 is 1.21 bits per heavy atom. The van der Waals surface area contributed by atoms with E-state index in [9.17, 15) is 14.7 Å².